The van der Waals surface area contributed by atoms with Gasteiger partial charge in [-0.3, -0.25) is 0 Å². The zero-order valence-corrected chi connectivity index (χ0v) is 42.1. The molecule has 1 nitrogen and oxygen atoms in total. The Bertz CT molecular complexity index is 3640. The summed E-state index contributed by atoms with van der Waals surface area (Å²) in [5.41, 5.74) is 24.0. The van der Waals surface area contributed by atoms with E-state index in [0.717, 1.165) is 11.4 Å². The van der Waals surface area contributed by atoms with Gasteiger partial charge in [0.25, 0.3) is 0 Å². The third-order valence-electron chi connectivity index (χ3n) is 15.6. The molecule has 0 saturated carbocycles. The normalized spacial score (nSPS) is 14.4. The van der Waals surface area contributed by atoms with Gasteiger partial charge in [0, 0.05) is 37.0 Å². The highest BCUT2D eigenvalue weighted by molar-refractivity contribution is 7.26. The summed E-state index contributed by atoms with van der Waals surface area (Å²) in [6.45, 7) is 21.4. The lowest BCUT2D eigenvalue weighted by atomic mass is 9.67. The average molecular weight is 910 g/mol. The van der Waals surface area contributed by atoms with Crippen molar-refractivity contribution in [2.75, 3.05) is 5.32 Å². The van der Waals surface area contributed by atoms with E-state index < -0.39 is 5.41 Å². The lowest BCUT2D eigenvalue weighted by molar-refractivity contribution is 0.564. The van der Waals surface area contributed by atoms with Crippen LogP contribution >= 0.6 is 11.3 Å². The Morgan fingerprint density at radius 3 is 1.77 bits per heavy atom. The molecule has 69 heavy (non-hydrogen) atoms. The van der Waals surface area contributed by atoms with Gasteiger partial charge in [-0.2, -0.15) is 0 Å². The van der Waals surface area contributed by atoms with Crippen LogP contribution in [0, 0.1) is 6.92 Å². The number of benzene rings is 9. The summed E-state index contributed by atoms with van der Waals surface area (Å²) in [6, 6.07) is 71.2. The predicted octanol–water partition coefficient (Wildman–Crippen LogP) is 18.7. The lowest BCUT2D eigenvalue weighted by Crippen LogP contribution is -2.28. The van der Waals surface area contributed by atoms with Crippen LogP contribution in [0.5, 0.6) is 0 Å². The summed E-state index contributed by atoms with van der Waals surface area (Å²) in [6.07, 6.45) is 0. The van der Waals surface area contributed by atoms with E-state index in [1.54, 1.807) is 0 Å². The van der Waals surface area contributed by atoms with Crippen LogP contribution in [0.2, 0.25) is 0 Å². The van der Waals surface area contributed by atoms with Gasteiger partial charge in [0.05, 0.1) is 5.41 Å². The molecule has 0 bridgehead atoms. The summed E-state index contributed by atoms with van der Waals surface area (Å²) in [5, 5.41) is 6.67. The minimum atomic E-state index is -0.491. The highest BCUT2D eigenvalue weighted by Crippen LogP contribution is 2.60. The molecule has 2 aliphatic rings. The Morgan fingerprint density at radius 2 is 1.07 bits per heavy atom. The van der Waals surface area contributed by atoms with Gasteiger partial charge < -0.3 is 5.32 Å². The van der Waals surface area contributed by atoms with Crippen LogP contribution in [-0.4, -0.2) is 0 Å². The molecule has 0 aliphatic heterocycles. The minimum absolute atomic E-state index is 0.0142. The van der Waals surface area contributed by atoms with Crippen LogP contribution in [0.3, 0.4) is 0 Å². The molecule has 0 amide bonds. The van der Waals surface area contributed by atoms with Gasteiger partial charge in [0.15, 0.2) is 0 Å². The zero-order chi connectivity index (χ0) is 47.6. The molecular formula is C67H59NS. The fourth-order valence-corrected chi connectivity index (χ4v) is 13.3. The topological polar surface area (TPSA) is 12.0 Å². The zero-order valence-electron chi connectivity index (χ0n) is 41.3. The van der Waals surface area contributed by atoms with Crippen molar-refractivity contribution in [2.24, 2.45) is 0 Å². The molecule has 0 atom stereocenters. The minimum Gasteiger partial charge on any atom is -0.355 e. The molecule has 1 aromatic heterocycles. The lowest BCUT2D eigenvalue weighted by Gasteiger charge is -2.34. The summed E-state index contributed by atoms with van der Waals surface area (Å²) in [7, 11) is 0. The molecule has 2 aliphatic carbocycles. The molecule has 0 saturated heterocycles. The molecule has 0 radical (unpaired) electrons. The van der Waals surface area contributed by atoms with E-state index >= 15 is 0 Å². The Kier molecular flexibility index (Phi) is 9.73. The van der Waals surface area contributed by atoms with E-state index in [-0.39, 0.29) is 16.2 Å². The second kappa shape index (κ2) is 15.5. The Balaban J connectivity index is 1.12. The van der Waals surface area contributed by atoms with Gasteiger partial charge in [0.2, 0.25) is 0 Å². The predicted molar refractivity (Wildman–Crippen MR) is 297 cm³/mol. The molecule has 1 heterocycles. The molecule has 9 aromatic carbocycles. The monoisotopic (exact) mass is 909 g/mol. The van der Waals surface area contributed by atoms with Crippen molar-refractivity contribution in [3.05, 3.63) is 238 Å². The molecular weight excluding hydrogens is 851 g/mol. The number of hydrogen-bond donors (Lipinski definition) is 1. The molecule has 2 heteroatoms. The first-order chi connectivity index (χ1) is 33.2. The SMILES string of the molecule is Cc1ccccc1-c1c(-c2cc(Nc3ccc4c(c3)C(c3ccccc3)(c3ccccc3)c3ccccc3-4)c3c(c2)sc2ccccc23)ccc2c1-c1c(C(C)(C)C)cc(C(C)(C)C)cc1C2(C)C. The maximum atomic E-state index is 4.14. The molecule has 0 fully saturated rings. The van der Waals surface area contributed by atoms with Crippen LogP contribution in [0.25, 0.3) is 64.7 Å². The van der Waals surface area contributed by atoms with Gasteiger partial charge in [0.1, 0.15) is 0 Å². The summed E-state index contributed by atoms with van der Waals surface area (Å²) in [5.74, 6) is 0. The number of nitrogens with one attached hydrogen (secondary N) is 1. The number of hydrogen-bond acceptors (Lipinski definition) is 2. The highest BCUT2D eigenvalue weighted by Gasteiger charge is 2.46. The first-order valence-electron chi connectivity index (χ1n) is 24.7. The molecule has 12 rings (SSSR count). The van der Waals surface area contributed by atoms with E-state index in [1.165, 1.54) is 115 Å². The summed E-state index contributed by atoms with van der Waals surface area (Å²) >= 11 is 1.89. The smallest absolute Gasteiger partial charge is 0.0714 e. The van der Waals surface area contributed by atoms with Crippen LogP contribution in [0.1, 0.15) is 105 Å². The number of anilines is 2. The molecule has 10 aromatic rings. The number of aryl methyl sites for hydroxylation is 1. The third-order valence-corrected chi connectivity index (χ3v) is 16.7. The van der Waals surface area contributed by atoms with Crippen molar-refractivity contribution >= 4 is 42.9 Å². The van der Waals surface area contributed by atoms with Crippen molar-refractivity contribution < 1.29 is 0 Å². The molecule has 0 unspecified atom stereocenters. The van der Waals surface area contributed by atoms with Crippen molar-refractivity contribution in [1.82, 2.24) is 0 Å². The largest absolute Gasteiger partial charge is 0.355 e. The van der Waals surface area contributed by atoms with Crippen molar-refractivity contribution in [3.8, 4) is 44.5 Å². The Labute approximate surface area is 412 Å². The fraction of sp³-hybridized carbons (Fsp3) is 0.194. The summed E-state index contributed by atoms with van der Waals surface area (Å²) < 4.78 is 2.56. The Hall–Kier alpha value is -7.00. The van der Waals surface area contributed by atoms with E-state index in [4.69, 9.17) is 0 Å². The van der Waals surface area contributed by atoms with E-state index in [2.05, 4.69) is 256 Å². The summed E-state index contributed by atoms with van der Waals surface area (Å²) in [4.78, 5) is 0. The van der Waals surface area contributed by atoms with Gasteiger partial charge in [-0.25, -0.2) is 0 Å². The quantitative estimate of drug-likeness (QED) is 0.175. The van der Waals surface area contributed by atoms with Crippen molar-refractivity contribution in [1.29, 1.82) is 0 Å². The third kappa shape index (κ3) is 6.55. The van der Waals surface area contributed by atoms with Crippen molar-refractivity contribution in [3.63, 3.8) is 0 Å². The molecule has 338 valence electrons. The van der Waals surface area contributed by atoms with Crippen LogP contribution in [-0.2, 0) is 21.7 Å². The molecule has 0 spiro atoms. The first kappa shape index (κ1) is 43.3. The number of fused-ring (bicyclic) bond motifs is 9. The van der Waals surface area contributed by atoms with Crippen LogP contribution in [0.15, 0.2) is 188 Å². The van der Waals surface area contributed by atoms with E-state index in [1.807, 2.05) is 11.3 Å². The Morgan fingerprint density at radius 1 is 0.449 bits per heavy atom. The van der Waals surface area contributed by atoms with Crippen LogP contribution in [0.4, 0.5) is 11.4 Å². The molecule has 1 N–H and O–H groups in total. The van der Waals surface area contributed by atoms with Gasteiger partial charge >= 0.3 is 0 Å². The van der Waals surface area contributed by atoms with Crippen LogP contribution < -0.4 is 5.32 Å². The highest BCUT2D eigenvalue weighted by atomic mass is 32.1. The number of rotatable bonds is 6. The average Bonchev–Trinajstić information content (AvgIpc) is 3.95. The van der Waals surface area contributed by atoms with Gasteiger partial charge in [-0.1, -0.05) is 213 Å². The van der Waals surface area contributed by atoms with Crippen molar-refractivity contribution in [2.45, 2.75) is 84.0 Å². The second-order valence-corrected chi connectivity index (χ2v) is 23.3. The fourth-order valence-electron chi connectivity index (χ4n) is 12.1. The van der Waals surface area contributed by atoms with Gasteiger partial charge in [-0.15, -0.1) is 11.3 Å². The first-order valence-corrected chi connectivity index (χ1v) is 25.5. The van der Waals surface area contributed by atoms with Gasteiger partial charge in [-0.05, 0) is 143 Å². The maximum Gasteiger partial charge on any atom is 0.0714 e. The standard InChI is InChI=1S/C67H59NS/c1-41-22-16-17-27-47(41)60-48(34-35-53-63(60)62-55(65(5,6)7)38-45(64(2,3)4)39-56(62)66(53,8)9)42-36-57(61-51-29-19-21-31-58(51)69-59(61)37-42)68-46-32-33-50-49-28-18-20-30-52(49)67(54(50)40-46,43-23-12-10-13-24-43)44-25-14-11-15-26-44/h10-40,68H,1-9H3. The van der Waals surface area contributed by atoms with E-state index in [9.17, 15) is 0 Å². The second-order valence-electron chi connectivity index (χ2n) is 22.2. The van der Waals surface area contributed by atoms with E-state index in [0.29, 0.717) is 0 Å². The maximum absolute atomic E-state index is 4.14. The number of thiophene rings is 1.